The minimum Gasteiger partial charge on any atom is -0.504 e. The van der Waals surface area contributed by atoms with Crippen LogP contribution in [0, 0.1) is 6.92 Å². The average Bonchev–Trinajstić information content (AvgIpc) is 2.49. The van der Waals surface area contributed by atoms with Gasteiger partial charge in [-0.1, -0.05) is 12.1 Å². The van der Waals surface area contributed by atoms with E-state index >= 15 is 0 Å². The normalized spacial score (nSPS) is 15.8. The predicted octanol–water partition coefficient (Wildman–Crippen LogP) is 3.98. The molecule has 1 N–H and O–H groups in total. The Kier molecular flexibility index (Phi) is 3.65. The van der Waals surface area contributed by atoms with Crippen molar-refractivity contribution in [3.05, 3.63) is 52.8 Å². The Hall–Kier alpha value is -2.29. The monoisotopic (exact) mass is 281 g/mol. The molecule has 1 aliphatic rings. The number of fused-ring (bicyclic) bond motifs is 1. The van der Waals surface area contributed by atoms with Crippen molar-refractivity contribution in [2.24, 2.45) is 0 Å². The van der Waals surface area contributed by atoms with Gasteiger partial charge in [0.1, 0.15) is 0 Å². The van der Waals surface area contributed by atoms with Crippen LogP contribution in [0.1, 0.15) is 35.2 Å². The molecule has 1 aliphatic carbocycles. The molecule has 108 valence electrons. The van der Waals surface area contributed by atoms with Crippen molar-refractivity contribution in [1.29, 1.82) is 0 Å². The van der Waals surface area contributed by atoms with Crippen LogP contribution in [0.2, 0.25) is 0 Å². The summed E-state index contributed by atoms with van der Waals surface area (Å²) >= 11 is 0. The highest BCUT2D eigenvalue weighted by molar-refractivity contribution is 5.82. The number of ether oxygens (including phenoxy) is 1. The number of phenolic OH excluding ortho intramolecular Hbond substituents is 1. The fraction of sp³-hybridized carbons (Fsp3) is 0.278. The molecule has 3 heteroatoms. The van der Waals surface area contributed by atoms with E-state index in [4.69, 9.17) is 4.74 Å². The second-order valence-corrected chi connectivity index (χ2v) is 5.47. The number of aromatic hydroxyl groups is 1. The second-order valence-electron chi connectivity index (χ2n) is 5.47. The molecule has 0 atom stereocenters. The van der Waals surface area contributed by atoms with Gasteiger partial charge in [-0.15, -0.1) is 0 Å². The zero-order valence-corrected chi connectivity index (χ0v) is 12.4. The summed E-state index contributed by atoms with van der Waals surface area (Å²) in [5.74, 6) is 0.662. The van der Waals surface area contributed by atoms with Crippen molar-refractivity contribution in [1.82, 2.24) is 4.98 Å². The van der Waals surface area contributed by atoms with Gasteiger partial charge in [0.15, 0.2) is 11.5 Å². The van der Waals surface area contributed by atoms with Crippen LogP contribution in [0.3, 0.4) is 0 Å². The van der Waals surface area contributed by atoms with Gasteiger partial charge in [0, 0.05) is 6.20 Å². The minimum atomic E-state index is 0.164. The zero-order chi connectivity index (χ0) is 14.8. The van der Waals surface area contributed by atoms with Crippen LogP contribution in [0.5, 0.6) is 11.5 Å². The minimum absolute atomic E-state index is 0.164. The van der Waals surface area contributed by atoms with Gasteiger partial charge in [0.25, 0.3) is 0 Å². The summed E-state index contributed by atoms with van der Waals surface area (Å²) in [6.07, 6.45) is 7.35. The summed E-state index contributed by atoms with van der Waals surface area (Å²) in [6.45, 7) is 2.08. The van der Waals surface area contributed by atoms with Crippen LogP contribution >= 0.6 is 0 Å². The van der Waals surface area contributed by atoms with Crippen molar-refractivity contribution >= 4 is 11.6 Å². The first kappa shape index (κ1) is 13.7. The first-order valence-electron chi connectivity index (χ1n) is 7.21. The highest BCUT2D eigenvalue weighted by Crippen LogP contribution is 2.33. The van der Waals surface area contributed by atoms with Gasteiger partial charge >= 0.3 is 0 Å². The quantitative estimate of drug-likeness (QED) is 0.905. The zero-order valence-electron chi connectivity index (χ0n) is 12.4. The van der Waals surface area contributed by atoms with Crippen LogP contribution in [-0.2, 0) is 6.42 Å². The Bertz CT molecular complexity index is 704. The van der Waals surface area contributed by atoms with Crippen molar-refractivity contribution in [2.75, 3.05) is 7.11 Å². The molecule has 0 aliphatic heterocycles. The lowest BCUT2D eigenvalue weighted by molar-refractivity contribution is 0.373. The maximum absolute atomic E-state index is 9.67. The summed E-state index contributed by atoms with van der Waals surface area (Å²) in [5.41, 5.74) is 5.93. The standard InChI is InChI=1S/C18H19NO2/c1-12-8-14-4-3-5-15(18(14)19-11-12)9-13-6-7-16(20)17(10-13)21-2/h6-11,20H,3-5H2,1-2H3/b15-9-. The summed E-state index contributed by atoms with van der Waals surface area (Å²) < 4.78 is 5.17. The van der Waals surface area contributed by atoms with Crippen LogP contribution in [0.25, 0.3) is 11.6 Å². The summed E-state index contributed by atoms with van der Waals surface area (Å²) in [5, 5.41) is 9.67. The molecular weight excluding hydrogens is 262 g/mol. The number of hydrogen-bond donors (Lipinski definition) is 1. The van der Waals surface area contributed by atoms with E-state index in [9.17, 15) is 5.11 Å². The highest BCUT2D eigenvalue weighted by atomic mass is 16.5. The molecule has 3 nitrogen and oxygen atoms in total. The SMILES string of the molecule is COc1cc(/C=C2/CCCc3cc(C)cnc32)ccc1O. The van der Waals surface area contributed by atoms with E-state index in [0.29, 0.717) is 5.75 Å². The topological polar surface area (TPSA) is 42.4 Å². The summed E-state index contributed by atoms with van der Waals surface area (Å²) in [4.78, 5) is 4.61. The third kappa shape index (κ3) is 2.77. The lowest BCUT2D eigenvalue weighted by atomic mass is 9.89. The van der Waals surface area contributed by atoms with Crippen molar-refractivity contribution in [3.8, 4) is 11.5 Å². The van der Waals surface area contributed by atoms with E-state index in [1.54, 1.807) is 13.2 Å². The predicted molar refractivity (Wildman–Crippen MR) is 84.4 cm³/mol. The van der Waals surface area contributed by atoms with E-state index in [-0.39, 0.29) is 5.75 Å². The van der Waals surface area contributed by atoms with E-state index in [2.05, 4.69) is 24.1 Å². The van der Waals surface area contributed by atoms with E-state index in [1.807, 2.05) is 18.3 Å². The number of aromatic nitrogens is 1. The Morgan fingerprint density at radius 2 is 2.10 bits per heavy atom. The lowest BCUT2D eigenvalue weighted by Gasteiger charge is -2.18. The van der Waals surface area contributed by atoms with Crippen LogP contribution in [0.15, 0.2) is 30.5 Å². The number of phenols is 1. The molecule has 0 unspecified atom stereocenters. The number of benzene rings is 1. The molecule has 0 amide bonds. The largest absolute Gasteiger partial charge is 0.504 e. The molecule has 0 bridgehead atoms. The molecule has 1 heterocycles. The van der Waals surface area contributed by atoms with Gasteiger partial charge in [0.2, 0.25) is 0 Å². The maximum atomic E-state index is 9.67. The second kappa shape index (κ2) is 5.60. The molecule has 0 spiro atoms. The van der Waals surface area contributed by atoms with E-state index in [0.717, 1.165) is 30.5 Å². The van der Waals surface area contributed by atoms with Crippen LogP contribution in [-0.4, -0.2) is 17.2 Å². The molecular formula is C18H19NO2. The summed E-state index contributed by atoms with van der Waals surface area (Å²) in [6, 6.07) is 7.64. The van der Waals surface area contributed by atoms with Crippen LogP contribution in [0.4, 0.5) is 0 Å². The van der Waals surface area contributed by atoms with E-state index < -0.39 is 0 Å². The molecule has 0 saturated carbocycles. The molecule has 21 heavy (non-hydrogen) atoms. The van der Waals surface area contributed by atoms with Crippen molar-refractivity contribution in [2.45, 2.75) is 26.2 Å². The first-order chi connectivity index (χ1) is 10.2. The molecule has 0 radical (unpaired) electrons. The van der Waals surface area contributed by atoms with Gasteiger partial charge < -0.3 is 9.84 Å². The highest BCUT2D eigenvalue weighted by Gasteiger charge is 2.15. The fourth-order valence-corrected chi connectivity index (χ4v) is 2.82. The Morgan fingerprint density at radius 1 is 1.24 bits per heavy atom. The van der Waals surface area contributed by atoms with E-state index in [1.165, 1.54) is 16.7 Å². The third-order valence-corrected chi connectivity index (χ3v) is 3.84. The van der Waals surface area contributed by atoms with Crippen molar-refractivity contribution in [3.63, 3.8) is 0 Å². The molecule has 0 saturated heterocycles. The number of aryl methyl sites for hydroxylation is 2. The van der Waals surface area contributed by atoms with Gasteiger partial charge in [0.05, 0.1) is 12.8 Å². The van der Waals surface area contributed by atoms with Gasteiger partial charge in [-0.3, -0.25) is 4.98 Å². The Labute approximate surface area is 124 Å². The van der Waals surface area contributed by atoms with Gasteiger partial charge in [-0.25, -0.2) is 0 Å². The van der Waals surface area contributed by atoms with Gasteiger partial charge in [-0.05, 0) is 66.7 Å². The molecule has 3 rings (SSSR count). The maximum Gasteiger partial charge on any atom is 0.161 e. The molecule has 0 fully saturated rings. The number of hydrogen-bond acceptors (Lipinski definition) is 3. The van der Waals surface area contributed by atoms with Crippen molar-refractivity contribution < 1.29 is 9.84 Å². The third-order valence-electron chi connectivity index (χ3n) is 3.84. The number of nitrogens with zero attached hydrogens (tertiary/aromatic N) is 1. The first-order valence-corrected chi connectivity index (χ1v) is 7.21. The Balaban J connectivity index is 2.02. The lowest BCUT2D eigenvalue weighted by Crippen LogP contribution is -2.04. The Morgan fingerprint density at radius 3 is 2.90 bits per heavy atom. The smallest absolute Gasteiger partial charge is 0.161 e. The fourth-order valence-electron chi connectivity index (χ4n) is 2.82. The number of methoxy groups -OCH3 is 1. The van der Waals surface area contributed by atoms with Crippen LogP contribution < -0.4 is 4.74 Å². The molecule has 2 aromatic rings. The number of allylic oxidation sites excluding steroid dienone is 1. The van der Waals surface area contributed by atoms with Gasteiger partial charge in [-0.2, -0.15) is 0 Å². The number of rotatable bonds is 2. The number of pyridine rings is 1. The molecule has 1 aromatic carbocycles. The molecule has 1 aromatic heterocycles. The average molecular weight is 281 g/mol. The summed E-state index contributed by atoms with van der Waals surface area (Å²) in [7, 11) is 1.56.